The molecule has 3 rings (SSSR count). The third-order valence-electron chi connectivity index (χ3n) is 4.05. The number of hydrogen-bond acceptors (Lipinski definition) is 6. The van der Waals surface area contributed by atoms with E-state index in [4.69, 9.17) is 4.74 Å². The molecule has 150 valence electrons. The summed E-state index contributed by atoms with van der Waals surface area (Å²) in [7, 11) is 0. The summed E-state index contributed by atoms with van der Waals surface area (Å²) in [5, 5.41) is 12.7. The Morgan fingerprint density at radius 2 is 1.83 bits per heavy atom. The van der Waals surface area contributed by atoms with Crippen LogP contribution in [0.5, 0.6) is 0 Å². The summed E-state index contributed by atoms with van der Waals surface area (Å²) < 4.78 is 5.32. The lowest BCUT2D eigenvalue weighted by atomic mass is 9.97. The third-order valence-corrected chi connectivity index (χ3v) is 4.05. The average molecular weight is 394 g/mol. The van der Waals surface area contributed by atoms with Crippen LogP contribution in [0.4, 0.5) is 4.79 Å². The van der Waals surface area contributed by atoms with E-state index in [-0.39, 0.29) is 11.1 Å². The number of rotatable bonds is 4. The van der Waals surface area contributed by atoms with Crippen molar-refractivity contribution < 1.29 is 19.4 Å². The molecule has 0 saturated heterocycles. The molecule has 3 heterocycles. The van der Waals surface area contributed by atoms with Gasteiger partial charge < -0.3 is 15.2 Å². The molecule has 0 fully saturated rings. The van der Waals surface area contributed by atoms with Crippen molar-refractivity contribution in [1.82, 2.24) is 20.3 Å². The standard InChI is InChI=1S/C21H22N4O4/c1-12(24-20(28)29-21(2,3)4)17-15(13-8-5-6-10-22-13)16(19(26)27)18-14(25-17)9-7-11-23-18/h5-12H,1-4H3,(H,24,28)(H,26,27). The van der Waals surface area contributed by atoms with Crippen molar-refractivity contribution in [2.24, 2.45) is 0 Å². The second kappa shape index (κ2) is 7.83. The Morgan fingerprint density at radius 1 is 1.10 bits per heavy atom. The quantitative estimate of drug-likeness (QED) is 0.688. The molecule has 0 aliphatic carbocycles. The molecule has 1 unspecified atom stereocenters. The average Bonchev–Trinajstić information content (AvgIpc) is 2.65. The largest absolute Gasteiger partial charge is 0.478 e. The number of nitrogens with zero attached hydrogens (tertiary/aromatic N) is 3. The van der Waals surface area contributed by atoms with Crippen molar-refractivity contribution in [2.45, 2.75) is 39.3 Å². The molecule has 29 heavy (non-hydrogen) atoms. The molecule has 1 atom stereocenters. The molecular formula is C21H22N4O4. The van der Waals surface area contributed by atoms with Crippen LogP contribution in [0.3, 0.4) is 0 Å². The number of pyridine rings is 3. The molecule has 1 amide bonds. The van der Waals surface area contributed by atoms with Crippen molar-refractivity contribution in [1.29, 1.82) is 0 Å². The maximum Gasteiger partial charge on any atom is 0.408 e. The van der Waals surface area contributed by atoms with Gasteiger partial charge in [-0.25, -0.2) is 14.6 Å². The zero-order chi connectivity index (χ0) is 21.2. The van der Waals surface area contributed by atoms with Crippen LogP contribution in [0.15, 0.2) is 42.7 Å². The van der Waals surface area contributed by atoms with E-state index in [1.807, 2.05) is 0 Å². The van der Waals surface area contributed by atoms with E-state index in [1.54, 1.807) is 64.2 Å². The molecule has 8 heteroatoms. The molecule has 0 spiro atoms. The van der Waals surface area contributed by atoms with E-state index in [1.165, 1.54) is 6.20 Å². The van der Waals surface area contributed by atoms with E-state index in [0.29, 0.717) is 22.5 Å². The van der Waals surface area contributed by atoms with Crippen molar-refractivity contribution >= 4 is 23.1 Å². The van der Waals surface area contributed by atoms with E-state index in [0.717, 1.165) is 0 Å². The second-order valence-electron chi connectivity index (χ2n) is 7.51. The van der Waals surface area contributed by atoms with Gasteiger partial charge in [-0.1, -0.05) is 6.07 Å². The number of carbonyl (C=O) groups is 2. The van der Waals surface area contributed by atoms with E-state index in [2.05, 4.69) is 20.3 Å². The summed E-state index contributed by atoms with van der Waals surface area (Å²) in [6.45, 7) is 7.00. The molecule has 0 aromatic carbocycles. The Labute approximate surface area is 168 Å². The first-order chi connectivity index (χ1) is 13.7. The minimum absolute atomic E-state index is 0.0119. The number of aromatic nitrogens is 3. The van der Waals surface area contributed by atoms with Crippen LogP contribution in [-0.2, 0) is 4.74 Å². The number of nitrogens with one attached hydrogen (secondary N) is 1. The molecule has 0 aliphatic rings. The molecule has 0 saturated carbocycles. The van der Waals surface area contributed by atoms with Gasteiger partial charge in [-0.15, -0.1) is 0 Å². The van der Waals surface area contributed by atoms with Gasteiger partial charge in [-0.3, -0.25) is 9.97 Å². The molecule has 0 radical (unpaired) electrons. The highest BCUT2D eigenvalue weighted by atomic mass is 16.6. The zero-order valence-corrected chi connectivity index (χ0v) is 16.6. The number of aromatic carboxylic acids is 1. The highest BCUT2D eigenvalue weighted by Gasteiger charge is 2.27. The maximum atomic E-state index is 12.3. The highest BCUT2D eigenvalue weighted by Crippen LogP contribution is 2.33. The zero-order valence-electron chi connectivity index (χ0n) is 16.6. The van der Waals surface area contributed by atoms with Crippen molar-refractivity contribution in [3.05, 3.63) is 54.0 Å². The highest BCUT2D eigenvalue weighted by molar-refractivity contribution is 6.07. The summed E-state index contributed by atoms with van der Waals surface area (Å²) in [4.78, 5) is 37.6. The Bertz CT molecular complexity index is 1060. The first-order valence-corrected chi connectivity index (χ1v) is 9.10. The van der Waals surface area contributed by atoms with Gasteiger partial charge in [-0.2, -0.15) is 0 Å². The number of fused-ring (bicyclic) bond motifs is 1. The number of ether oxygens (including phenoxy) is 1. The molecule has 0 bridgehead atoms. The van der Waals surface area contributed by atoms with Crippen LogP contribution >= 0.6 is 0 Å². The first-order valence-electron chi connectivity index (χ1n) is 9.10. The Morgan fingerprint density at radius 3 is 2.45 bits per heavy atom. The van der Waals surface area contributed by atoms with Crippen LogP contribution in [0.2, 0.25) is 0 Å². The third kappa shape index (κ3) is 4.48. The molecule has 8 nitrogen and oxygen atoms in total. The van der Waals surface area contributed by atoms with Crippen LogP contribution in [0.1, 0.15) is 49.8 Å². The summed E-state index contributed by atoms with van der Waals surface area (Å²) in [5.41, 5.74) is 1.10. The van der Waals surface area contributed by atoms with Crippen molar-refractivity contribution in [3.8, 4) is 11.3 Å². The molecule has 2 N–H and O–H groups in total. The predicted molar refractivity (Wildman–Crippen MR) is 108 cm³/mol. The van der Waals surface area contributed by atoms with E-state index < -0.39 is 23.7 Å². The van der Waals surface area contributed by atoms with Crippen LogP contribution in [-0.4, -0.2) is 37.7 Å². The van der Waals surface area contributed by atoms with Gasteiger partial charge in [0.1, 0.15) is 11.1 Å². The lowest BCUT2D eigenvalue weighted by Crippen LogP contribution is -2.34. The predicted octanol–water partition coefficient (Wildman–Crippen LogP) is 3.98. The first kappa shape index (κ1) is 20.2. The van der Waals surface area contributed by atoms with Gasteiger partial charge in [0.15, 0.2) is 0 Å². The molecule has 3 aromatic rings. The van der Waals surface area contributed by atoms with E-state index >= 15 is 0 Å². The minimum atomic E-state index is -1.15. The summed E-state index contributed by atoms with van der Waals surface area (Å²) in [5.74, 6) is -1.15. The fourth-order valence-electron chi connectivity index (χ4n) is 2.96. The van der Waals surface area contributed by atoms with Gasteiger partial charge in [-0.05, 0) is 52.0 Å². The van der Waals surface area contributed by atoms with Gasteiger partial charge in [0.2, 0.25) is 0 Å². The summed E-state index contributed by atoms with van der Waals surface area (Å²) in [6, 6.07) is 7.91. The monoisotopic (exact) mass is 394 g/mol. The normalized spacial score (nSPS) is 12.4. The number of amides is 1. The second-order valence-corrected chi connectivity index (χ2v) is 7.51. The Hall–Kier alpha value is -3.55. The molecule has 3 aromatic heterocycles. The fraction of sp³-hybridized carbons (Fsp3) is 0.286. The fourth-order valence-corrected chi connectivity index (χ4v) is 2.96. The lowest BCUT2D eigenvalue weighted by molar-refractivity contribution is 0.0507. The van der Waals surface area contributed by atoms with Gasteiger partial charge in [0.05, 0.1) is 28.5 Å². The topological polar surface area (TPSA) is 114 Å². The number of carbonyl (C=O) groups excluding carboxylic acids is 1. The Balaban J connectivity index is 2.20. The lowest BCUT2D eigenvalue weighted by Gasteiger charge is -2.23. The number of alkyl carbamates (subject to hydrolysis) is 1. The molecule has 0 aliphatic heterocycles. The maximum absolute atomic E-state index is 12.3. The van der Waals surface area contributed by atoms with Gasteiger partial charge >= 0.3 is 12.1 Å². The number of carboxylic acid groups (broad SMARTS) is 1. The Kier molecular flexibility index (Phi) is 5.45. The van der Waals surface area contributed by atoms with Crippen LogP contribution in [0, 0.1) is 0 Å². The SMILES string of the molecule is CC(NC(=O)OC(C)(C)C)c1nc2cccnc2c(C(=O)O)c1-c1ccccn1. The summed E-state index contributed by atoms with van der Waals surface area (Å²) >= 11 is 0. The number of hydrogen-bond donors (Lipinski definition) is 2. The summed E-state index contributed by atoms with van der Waals surface area (Å²) in [6.07, 6.45) is 2.46. The van der Waals surface area contributed by atoms with Crippen molar-refractivity contribution in [3.63, 3.8) is 0 Å². The number of carboxylic acids is 1. The molecular weight excluding hydrogens is 372 g/mol. The van der Waals surface area contributed by atoms with E-state index in [9.17, 15) is 14.7 Å². The smallest absolute Gasteiger partial charge is 0.408 e. The van der Waals surface area contributed by atoms with Gasteiger partial charge in [0, 0.05) is 18.0 Å². The van der Waals surface area contributed by atoms with Crippen molar-refractivity contribution in [2.75, 3.05) is 0 Å². The van der Waals surface area contributed by atoms with Gasteiger partial charge in [0.25, 0.3) is 0 Å². The van der Waals surface area contributed by atoms with Crippen LogP contribution < -0.4 is 5.32 Å². The van der Waals surface area contributed by atoms with Crippen LogP contribution in [0.25, 0.3) is 22.3 Å². The minimum Gasteiger partial charge on any atom is -0.478 e.